The van der Waals surface area contributed by atoms with Crippen molar-refractivity contribution in [3.63, 3.8) is 0 Å². The van der Waals surface area contributed by atoms with E-state index in [0.717, 1.165) is 19.5 Å². The first kappa shape index (κ1) is 18.7. The van der Waals surface area contributed by atoms with Gasteiger partial charge in [-0.2, -0.15) is 0 Å². The standard InChI is InChI=1S/C16H31N3O3S/c1-5-19(13-7-9-23(21,22)10-13)15(20)12(2)18-8-6-14(17)16(3,4)11-18/h12-14H,5-11,17H2,1-4H3. The van der Waals surface area contributed by atoms with Crippen molar-refractivity contribution >= 4 is 15.7 Å². The van der Waals surface area contributed by atoms with E-state index < -0.39 is 9.84 Å². The van der Waals surface area contributed by atoms with E-state index in [1.165, 1.54) is 0 Å². The molecule has 1 amide bonds. The Morgan fingerprint density at radius 1 is 1.39 bits per heavy atom. The summed E-state index contributed by atoms with van der Waals surface area (Å²) in [4.78, 5) is 16.9. The Hall–Kier alpha value is -0.660. The van der Waals surface area contributed by atoms with Crippen molar-refractivity contribution in [1.29, 1.82) is 0 Å². The molecule has 134 valence electrons. The van der Waals surface area contributed by atoms with E-state index >= 15 is 0 Å². The normalized spacial score (nSPS) is 31.7. The summed E-state index contributed by atoms with van der Waals surface area (Å²) >= 11 is 0. The summed E-state index contributed by atoms with van der Waals surface area (Å²) < 4.78 is 23.4. The van der Waals surface area contributed by atoms with Gasteiger partial charge in [0.2, 0.25) is 5.91 Å². The second kappa shape index (κ2) is 6.69. The largest absolute Gasteiger partial charge is 0.338 e. The lowest BCUT2D eigenvalue weighted by atomic mass is 9.79. The number of hydrogen-bond donors (Lipinski definition) is 1. The highest BCUT2D eigenvalue weighted by Crippen LogP contribution is 2.29. The third-order valence-corrected chi connectivity index (χ3v) is 7.27. The molecule has 7 heteroatoms. The lowest BCUT2D eigenvalue weighted by molar-refractivity contribution is -0.139. The molecule has 2 aliphatic heterocycles. The summed E-state index contributed by atoms with van der Waals surface area (Å²) in [5.74, 6) is 0.345. The zero-order chi connectivity index (χ0) is 17.4. The third kappa shape index (κ3) is 4.06. The number of sulfone groups is 1. The van der Waals surface area contributed by atoms with Gasteiger partial charge in [-0.25, -0.2) is 8.42 Å². The number of hydrogen-bond acceptors (Lipinski definition) is 5. The van der Waals surface area contributed by atoms with Crippen LogP contribution in [-0.2, 0) is 14.6 Å². The van der Waals surface area contributed by atoms with Crippen LogP contribution in [0.1, 0.15) is 40.5 Å². The number of nitrogens with two attached hydrogens (primary N) is 1. The smallest absolute Gasteiger partial charge is 0.239 e. The highest BCUT2D eigenvalue weighted by Gasteiger charge is 2.40. The summed E-state index contributed by atoms with van der Waals surface area (Å²) in [6, 6.07) is -0.242. The minimum atomic E-state index is -2.98. The SMILES string of the molecule is CCN(C(=O)C(C)N1CCC(N)C(C)(C)C1)C1CCS(=O)(=O)C1. The Morgan fingerprint density at radius 3 is 2.52 bits per heavy atom. The molecule has 0 aromatic carbocycles. The Bertz CT molecular complexity index is 547. The van der Waals surface area contributed by atoms with E-state index in [9.17, 15) is 13.2 Å². The second-order valence-electron chi connectivity index (χ2n) is 7.71. The van der Waals surface area contributed by atoms with Gasteiger partial charge in [0.1, 0.15) is 0 Å². The van der Waals surface area contributed by atoms with Crippen LogP contribution >= 0.6 is 0 Å². The molecule has 2 saturated heterocycles. The molecule has 0 radical (unpaired) electrons. The average Bonchev–Trinajstić information content (AvgIpc) is 2.81. The molecule has 3 unspecified atom stereocenters. The van der Waals surface area contributed by atoms with Crippen molar-refractivity contribution in [1.82, 2.24) is 9.80 Å². The molecule has 2 N–H and O–H groups in total. The highest BCUT2D eigenvalue weighted by atomic mass is 32.2. The highest BCUT2D eigenvalue weighted by molar-refractivity contribution is 7.91. The van der Waals surface area contributed by atoms with Gasteiger partial charge < -0.3 is 10.6 Å². The number of likely N-dealkylation sites (N-methyl/N-ethyl adjacent to an activating group) is 1. The van der Waals surface area contributed by atoms with Crippen LogP contribution in [0.3, 0.4) is 0 Å². The number of piperidine rings is 1. The van der Waals surface area contributed by atoms with Crippen molar-refractivity contribution < 1.29 is 13.2 Å². The van der Waals surface area contributed by atoms with Gasteiger partial charge in [0.15, 0.2) is 9.84 Å². The Balaban J connectivity index is 2.06. The van der Waals surface area contributed by atoms with Crippen LogP contribution in [0.2, 0.25) is 0 Å². The van der Waals surface area contributed by atoms with Crippen molar-refractivity contribution in [3.8, 4) is 0 Å². The van der Waals surface area contributed by atoms with E-state index in [0.29, 0.717) is 13.0 Å². The van der Waals surface area contributed by atoms with Gasteiger partial charge in [0.05, 0.1) is 17.5 Å². The first-order valence-electron chi connectivity index (χ1n) is 8.58. The molecule has 0 spiro atoms. The van der Waals surface area contributed by atoms with Gasteiger partial charge in [0.25, 0.3) is 0 Å². The van der Waals surface area contributed by atoms with E-state index in [2.05, 4.69) is 18.7 Å². The molecule has 2 fully saturated rings. The molecule has 6 nitrogen and oxygen atoms in total. The van der Waals surface area contributed by atoms with Crippen LogP contribution in [0.15, 0.2) is 0 Å². The number of amides is 1. The number of rotatable bonds is 4. The van der Waals surface area contributed by atoms with Crippen molar-refractivity contribution in [2.45, 2.75) is 58.7 Å². The number of likely N-dealkylation sites (tertiary alicyclic amines) is 1. The molecule has 0 saturated carbocycles. The number of nitrogens with zero attached hydrogens (tertiary/aromatic N) is 2. The zero-order valence-electron chi connectivity index (χ0n) is 14.8. The maximum Gasteiger partial charge on any atom is 0.239 e. The number of carbonyl (C=O) groups excluding carboxylic acids is 1. The monoisotopic (exact) mass is 345 g/mol. The van der Waals surface area contributed by atoms with Gasteiger partial charge in [-0.15, -0.1) is 0 Å². The third-order valence-electron chi connectivity index (χ3n) is 5.52. The molecule has 3 atom stereocenters. The predicted molar refractivity (Wildman–Crippen MR) is 91.9 cm³/mol. The summed E-state index contributed by atoms with van der Waals surface area (Å²) in [6.07, 6.45) is 1.44. The lowest BCUT2D eigenvalue weighted by Gasteiger charge is -2.45. The second-order valence-corrected chi connectivity index (χ2v) is 9.94. The van der Waals surface area contributed by atoms with Crippen LogP contribution in [0, 0.1) is 5.41 Å². The summed E-state index contributed by atoms with van der Waals surface area (Å²) in [5.41, 5.74) is 6.16. The first-order valence-corrected chi connectivity index (χ1v) is 10.4. The van der Waals surface area contributed by atoms with Crippen LogP contribution in [0.5, 0.6) is 0 Å². The zero-order valence-corrected chi connectivity index (χ0v) is 15.6. The molecule has 0 aromatic heterocycles. The molecule has 0 aromatic rings. The quantitative estimate of drug-likeness (QED) is 0.801. The molecule has 23 heavy (non-hydrogen) atoms. The van der Waals surface area contributed by atoms with Crippen molar-refractivity contribution in [3.05, 3.63) is 0 Å². The fraction of sp³-hybridized carbons (Fsp3) is 0.938. The topological polar surface area (TPSA) is 83.7 Å². The van der Waals surface area contributed by atoms with Gasteiger partial charge >= 0.3 is 0 Å². The van der Waals surface area contributed by atoms with Crippen molar-refractivity contribution in [2.75, 3.05) is 31.1 Å². The van der Waals surface area contributed by atoms with E-state index in [-0.39, 0.29) is 41.0 Å². The molecular formula is C16H31N3O3S. The van der Waals surface area contributed by atoms with E-state index in [4.69, 9.17) is 5.73 Å². The molecule has 2 heterocycles. The Morgan fingerprint density at radius 2 is 2.04 bits per heavy atom. The molecule has 0 aliphatic carbocycles. The maximum absolute atomic E-state index is 12.9. The molecule has 2 aliphatic rings. The van der Waals surface area contributed by atoms with E-state index in [1.54, 1.807) is 4.90 Å². The van der Waals surface area contributed by atoms with Crippen LogP contribution in [-0.4, -0.2) is 73.4 Å². The minimum absolute atomic E-state index is 0.0134. The van der Waals surface area contributed by atoms with Crippen LogP contribution in [0.25, 0.3) is 0 Å². The molecule has 0 bridgehead atoms. The fourth-order valence-electron chi connectivity index (χ4n) is 3.76. The van der Waals surface area contributed by atoms with Crippen molar-refractivity contribution in [2.24, 2.45) is 11.1 Å². The van der Waals surface area contributed by atoms with Gasteiger partial charge in [0, 0.05) is 31.7 Å². The van der Waals surface area contributed by atoms with Crippen LogP contribution < -0.4 is 5.73 Å². The summed E-state index contributed by atoms with van der Waals surface area (Å²) in [5, 5.41) is 0. The van der Waals surface area contributed by atoms with Crippen LogP contribution in [0.4, 0.5) is 0 Å². The molecular weight excluding hydrogens is 314 g/mol. The van der Waals surface area contributed by atoms with Gasteiger partial charge in [-0.1, -0.05) is 13.8 Å². The molecule has 2 rings (SSSR count). The van der Waals surface area contributed by atoms with Gasteiger partial charge in [-0.3, -0.25) is 9.69 Å². The predicted octanol–water partition coefficient (Wildman–Crippen LogP) is 0.470. The lowest BCUT2D eigenvalue weighted by Crippen LogP contribution is -2.58. The Labute approximate surface area is 140 Å². The fourth-order valence-corrected chi connectivity index (χ4v) is 5.49. The Kier molecular flexibility index (Phi) is 5.43. The summed E-state index contributed by atoms with van der Waals surface area (Å²) in [6.45, 7) is 10.3. The maximum atomic E-state index is 12.9. The van der Waals surface area contributed by atoms with Gasteiger partial charge in [-0.05, 0) is 32.1 Å². The minimum Gasteiger partial charge on any atom is -0.338 e. The first-order chi connectivity index (χ1) is 10.6. The van der Waals surface area contributed by atoms with E-state index in [1.807, 2.05) is 13.8 Å². The average molecular weight is 346 g/mol. The summed E-state index contributed by atoms with van der Waals surface area (Å²) in [7, 11) is -2.98. The number of carbonyl (C=O) groups is 1.